The van der Waals surface area contributed by atoms with E-state index in [0.717, 1.165) is 18.4 Å². The van der Waals surface area contributed by atoms with Gasteiger partial charge in [0.15, 0.2) is 5.76 Å². The van der Waals surface area contributed by atoms with Crippen molar-refractivity contribution in [2.45, 2.75) is 12.8 Å². The predicted molar refractivity (Wildman–Crippen MR) is 47.4 cm³/mol. The van der Waals surface area contributed by atoms with Crippen molar-refractivity contribution in [3.05, 3.63) is 48.0 Å². The van der Waals surface area contributed by atoms with Gasteiger partial charge >= 0.3 is 0 Å². The van der Waals surface area contributed by atoms with Crippen LogP contribution in [0.5, 0.6) is 0 Å². The molecule has 0 saturated heterocycles. The molecule has 1 heterocycles. The lowest BCUT2D eigenvalue weighted by atomic mass is 10.0. The highest BCUT2D eigenvalue weighted by Crippen LogP contribution is 2.26. The summed E-state index contributed by atoms with van der Waals surface area (Å²) in [6.45, 7) is 0. The van der Waals surface area contributed by atoms with Crippen LogP contribution in [0.2, 0.25) is 0 Å². The molecule has 13 heavy (non-hydrogen) atoms. The van der Waals surface area contributed by atoms with E-state index in [0.29, 0.717) is 5.76 Å². The van der Waals surface area contributed by atoms with Gasteiger partial charge in [0, 0.05) is 5.57 Å². The molecule has 3 nitrogen and oxygen atoms in total. The molecule has 0 aromatic carbocycles. The van der Waals surface area contributed by atoms with Gasteiger partial charge in [-0.2, -0.15) is 0 Å². The number of hydrogen-bond acceptors (Lipinski definition) is 3. The number of aliphatic hydroxyl groups excluding tert-OH is 1. The van der Waals surface area contributed by atoms with Crippen LogP contribution in [0.15, 0.2) is 48.0 Å². The van der Waals surface area contributed by atoms with Crippen LogP contribution in [0.3, 0.4) is 0 Å². The van der Waals surface area contributed by atoms with Gasteiger partial charge < -0.3 is 14.6 Å². The van der Waals surface area contributed by atoms with Crippen molar-refractivity contribution in [1.29, 1.82) is 0 Å². The molecule has 0 aromatic heterocycles. The van der Waals surface area contributed by atoms with Gasteiger partial charge in [-0.15, -0.1) is 0 Å². The van der Waals surface area contributed by atoms with Crippen LogP contribution in [0.4, 0.5) is 0 Å². The van der Waals surface area contributed by atoms with Gasteiger partial charge in [0.1, 0.15) is 24.5 Å². The summed E-state index contributed by atoms with van der Waals surface area (Å²) in [6, 6.07) is 0. The molecule has 0 bridgehead atoms. The fourth-order valence-electron chi connectivity index (χ4n) is 1.30. The second kappa shape index (κ2) is 3.39. The van der Waals surface area contributed by atoms with Crippen molar-refractivity contribution in [3.63, 3.8) is 0 Å². The highest BCUT2D eigenvalue weighted by molar-refractivity contribution is 5.36. The lowest BCUT2D eigenvalue weighted by molar-refractivity contribution is 0.258. The molecule has 0 spiro atoms. The van der Waals surface area contributed by atoms with E-state index in [9.17, 15) is 5.11 Å². The molecule has 0 unspecified atom stereocenters. The van der Waals surface area contributed by atoms with E-state index in [4.69, 9.17) is 9.47 Å². The minimum atomic E-state index is 0.261. The molecule has 1 aliphatic carbocycles. The molecule has 68 valence electrons. The lowest BCUT2D eigenvalue weighted by Gasteiger charge is -2.15. The maximum atomic E-state index is 9.51. The Labute approximate surface area is 76.3 Å². The predicted octanol–water partition coefficient (Wildman–Crippen LogP) is 2.51. The number of ether oxygens (including phenoxy) is 2. The maximum Gasteiger partial charge on any atom is 0.168 e. The van der Waals surface area contributed by atoms with Gasteiger partial charge in [0.25, 0.3) is 0 Å². The van der Waals surface area contributed by atoms with Crippen LogP contribution in [-0.4, -0.2) is 5.11 Å². The third-order valence-corrected chi connectivity index (χ3v) is 1.95. The second-order valence-electron chi connectivity index (χ2n) is 2.81. The number of rotatable bonds is 1. The van der Waals surface area contributed by atoms with Crippen molar-refractivity contribution < 1.29 is 14.6 Å². The van der Waals surface area contributed by atoms with Crippen molar-refractivity contribution in [2.75, 3.05) is 0 Å². The Balaban J connectivity index is 2.24. The molecular weight excluding hydrogens is 168 g/mol. The normalized spacial score (nSPS) is 20.8. The standard InChI is InChI=1S/C10H10O3/c11-9-4-2-1-3-8(9)10-7-12-5-6-13-10/h2,4-7,11H,1,3H2. The molecule has 0 fully saturated rings. The Morgan fingerprint density at radius 3 is 2.92 bits per heavy atom. The molecule has 0 aromatic rings. The minimum Gasteiger partial charge on any atom is -0.508 e. The molecule has 0 amide bonds. The van der Waals surface area contributed by atoms with Gasteiger partial charge in [0.05, 0.1) is 0 Å². The first kappa shape index (κ1) is 7.98. The Kier molecular flexibility index (Phi) is 2.08. The zero-order valence-corrected chi connectivity index (χ0v) is 7.06. The summed E-state index contributed by atoms with van der Waals surface area (Å²) in [5, 5.41) is 9.51. The summed E-state index contributed by atoms with van der Waals surface area (Å²) in [6.07, 6.45) is 9.70. The molecule has 3 heteroatoms. The number of allylic oxidation sites excluding steroid dienone is 3. The monoisotopic (exact) mass is 178 g/mol. The average molecular weight is 178 g/mol. The summed E-state index contributed by atoms with van der Waals surface area (Å²) in [4.78, 5) is 0. The smallest absolute Gasteiger partial charge is 0.168 e. The van der Waals surface area contributed by atoms with Crippen LogP contribution in [0.25, 0.3) is 0 Å². The highest BCUT2D eigenvalue weighted by Gasteiger charge is 2.15. The Morgan fingerprint density at radius 1 is 1.31 bits per heavy atom. The summed E-state index contributed by atoms with van der Waals surface area (Å²) in [5.41, 5.74) is 0.798. The molecule has 1 aliphatic heterocycles. The third kappa shape index (κ3) is 1.59. The fraction of sp³-hybridized carbons (Fsp3) is 0.200. The van der Waals surface area contributed by atoms with Gasteiger partial charge in [-0.1, -0.05) is 6.08 Å². The molecule has 2 aliphatic rings. The van der Waals surface area contributed by atoms with E-state index < -0.39 is 0 Å². The lowest BCUT2D eigenvalue weighted by Crippen LogP contribution is -2.02. The van der Waals surface area contributed by atoms with Gasteiger partial charge in [-0.3, -0.25) is 0 Å². The van der Waals surface area contributed by atoms with Crippen LogP contribution >= 0.6 is 0 Å². The number of hydrogen-bond donors (Lipinski definition) is 1. The minimum absolute atomic E-state index is 0.261. The molecule has 0 radical (unpaired) electrons. The van der Waals surface area contributed by atoms with Crippen molar-refractivity contribution in [3.8, 4) is 0 Å². The van der Waals surface area contributed by atoms with Gasteiger partial charge in [0.2, 0.25) is 0 Å². The van der Waals surface area contributed by atoms with Crippen LogP contribution < -0.4 is 0 Å². The largest absolute Gasteiger partial charge is 0.508 e. The Hall–Kier alpha value is -1.64. The van der Waals surface area contributed by atoms with E-state index in [2.05, 4.69) is 0 Å². The first-order valence-corrected chi connectivity index (χ1v) is 4.14. The second-order valence-corrected chi connectivity index (χ2v) is 2.81. The molecule has 0 atom stereocenters. The van der Waals surface area contributed by atoms with Crippen molar-refractivity contribution >= 4 is 0 Å². The van der Waals surface area contributed by atoms with Crippen LogP contribution in [0, 0.1) is 0 Å². The zero-order chi connectivity index (χ0) is 9.10. The summed E-state index contributed by atoms with van der Waals surface area (Å²) in [7, 11) is 0. The quantitative estimate of drug-likeness (QED) is 0.670. The van der Waals surface area contributed by atoms with Crippen LogP contribution in [0.1, 0.15) is 12.8 Å². The van der Waals surface area contributed by atoms with E-state index in [1.807, 2.05) is 6.08 Å². The third-order valence-electron chi connectivity index (χ3n) is 1.95. The fourth-order valence-corrected chi connectivity index (χ4v) is 1.30. The van der Waals surface area contributed by atoms with E-state index in [1.54, 1.807) is 6.08 Å². The first-order valence-electron chi connectivity index (χ1n) is 4.14. The van der Waals surface area contributed by atoms with E-state index >= 15 is 0 Å². The molecule has 0 saturated carbocycles. The SMILES string of the molecule is OC1=C(C2=COC=CO2)CCC=C1. The van der Waals surface area contributed by atoms with Crippen molar-refractivity contribution in [2.24, 2.45) is 0 Å². The van der Waals surface area contributed by atoms with Gasteiger partial charge in [-0.25, -0.2) is 0 Å². The molecular formula is C10H10O3. The zero-order valence-electron chi connectivity index (χ0n) is 7.06. The summed E-state index contributed by atoms with van der Waals surface area (Å²) >= 11 is 0. The summed E-state index contributed by atoms with van der Waals surface area (Å²) < 4.78 is 10.1. The Morgan fingerprint density at radius 2 is 2.23 bits per heavy atom. The van der Waals surface area contributed by atoms with Gasteiger partial charge in [-0.05, 0) is 18.9 Å². The topological polar surface area (TPSA) is 38.7 Å². The van der Waals surface area contributed by atoms with Crippen molar-refractivity contribution in [1.82, 2.24) is 0 Å². The Bertz CT molecular complexity index is 321. The summed E-state index contributed by atoms with van der Waals surface area (Å²) in [5.74, 6) is 0.848. The maximum absolute atomic E-state index is 9.51. The molecule has 2 rings (SSSR count). The average Bonchev–Trinajstić information content (AvgIpc) is 2.20. The van der Waals surface area contributed by atoms with E-state index in [-0.39, 0.29) is 5.76 Å². The molecule has 1 N–H and O–H groups in total. The first-order chi connectivity index (χ1) is 6.38. The highest BCUT2D eigenvalue weighted by atomic mass is 16.5. The van der Waals surface area contributed by atoms with Crippen LogP contribution in [-0.2, 0) is 9.47 Å². The van der Waals surface area contributed by atoms with E-state index in [1.165, 1.54) is 18.8 Å². The number of aliphatic hydroxyl groups is 1.